The highest BCUT2D eigenvalue weighted by atomic mass is 32.2. The minimum Gasteiger partial charge on any atom is -0.480 e. The van der Waals surface area contributed by atoms with E-state index in [0.29, 0.717) is 17.1 Å². The molecule has 1 aromatic rings. The van der Waals surface area contributed by atoms with Crippen molar-refractivity contribution in [3.05, 3.63) is 30.1 Å². The molecule has 0 spiro atoms. The molecule has 0 heterocycles. The van der Waals surface area contributed by atoms with Crippen LogP contribution in [0.3, 0.4) is 0 Å². The quantitative estimate of drug-likeness (QED) is 0.724. The molecule has 0 saturated carbocycles. The lowest BCUT2D eigenvalue weighted by Crippen LogP contribution is -2.41. The lowest BCUT2D eigenvalue weighted by molar-refractivity contribution is -0.142. The second-order valence-corrected chi connectivity index (χ2v) is 6.25. The number of carboxylic acids is 1. The van der Waals surface area contributed by atoms with Gasteiger partial charge in [0.1, 0.15) is 11.9 Å². The number of carboxylic acid groups (broad SMARTS) is 1. The Morgan fingerprint density at radius 3 is 2.57 bits per heavy atom. The lowest BCUT2D eigenvalue weighted by atomic mass is 10.0. The molecule has 0 bridgehead atoms. The number of aliphatic carboxylic acids is 1. The van der Waals surface area contributed by atoms with E-state index >= 15 is 0 Å². The third-order valence-corrected chi connectivity index (χ3v) is 3.81. The molecule has 0 unspecified atom stereocenters. The molecule has 6 heteroatoms. The van der Waals surface area contributed by atoms with Gasteiger partial charge in [-0.05, 0) is 24.5 Å². The second kappa shape index (κ2) is 8.67. The molecule has 0 aliphatic rings. The zero-order chi connectivity index (χ0) is 15.8. The molecular formula is C15H20FNO3S. The summed E-state index contributed by atoms with van der Waals surface area (Å²) in [7, 11) is 0. The van der Waals surface area contributed by atoms with Gasteiger partial charge in [-0.2, -0.15) is 0 Å². The van der Waals surface area contributed by atoms with Gasteiger partial charge in [-0.25, -0.2) is 9.18 Å². The fourth-order valence-electron chi connectivity index (χ4n) is 1.77. The summed E-state index contributed by atoms with van der Waals surface area (Å²) in [5.41, 5.74) is 0. The molecule has 1 rings (SSSR count). The number of rotatable bonds is 8. The summed E-state index contributed by atoms with van der Waals surface area (Å²) in [6.45, 7) is 3.80. The molecule has 4 nitrogen and oxygen atoms in total. The third kappa shape index (κ3) is 6.62. The van der Waals surface area contributed by atoms with Crippen LogP contribution in [-0.2, 0) is 9.59 Å². The maximum atomic E-state index is 13.4. The van der Waals surface area contributed by atoms with Crippen molar-refractivity contribution < 1.29 is 19.1 Å². The highest BCUT2D eigenvalue weighted by Gasteiger charge is 2.20. The smallest absolute Gasteiger partial charge is 0.326 e. The van der Waals surface area contributed by atoms with Crippen molar-refractivity contribution in [2.24, 2.45) is 5.92 Å². The van der Waals surface area contributed by atoms with Crippen LogP contribution in [0.25, 0.3) is 0 Å². The summed E-state index contributed by atoms with van der Waals surface area (Å²) in [6.07, 6.45) is 0.544. The molecule has 116 valence electrons. The van der Waals surface area contributed by atoms with E-state index in [1.165, 1.54) is 17.8 Å². The van der Waals surface area contributed by atoms with Gasteiger partial charge in [-0.15, -0.1) is 11.8 Å². The van der Waals surface area contributed by atoms with E-state index in [-0.39, 0.29) is 24.1 Å². The lowest BCUT2D eigenvalue weighted by Gasteiger charge is -2.16. The molecule has 1 amide bonds. The summed E-state index contributed by atoms with van der Waals surface area (Å²) in [4.78, 5) is 23.3. The second-order valence-electron chi connectivity index (χ2n) is 5.12. The average molecular weight is 313 g/mol. The highest BCUT2D eigenvalue weighted by Crippen LogP contribution is 2.21. The predicted octanol–water partition coefficient (Wildman–Crippen LogP) is 2.92. The predicted molar refractivity (Wildman–Crippen MR) is 80.8 cm³/mol. The number of carbonyl (C=O) groups is 2. The zero-order valence-corrected chi connectivity index (χ0v) is 13.0. The van der Waals surface area contributed by atoms with E-state index in [2.05, 4.69) is 5.32 Å². The van der Waals surface area contributed by atoms with E-state index in [0.717, 1.165) is 0 Å². The number of benzene rings is 1. The molecule has 1 aromatic carbocycles. The van der Waals surface area contributed by atoms with Gasteiger partial charge in [0.15, 0.2) is 0 Å². The third-order valence-electron chi connectivity index (χ3n) is 2.76. The summed E-state index contributed by atoms with van der Waals surface area (Å²) in [5.74, 6) is -1.09. The van der Waals surface area contributed by atoms with Gasteiger partial charge in [0.05, 0.1) is 0 Å². The topological polar surface area (TPSA) is 66.4 Å². The van der Waals surface area contributed by atoms with Crippen molar-refractivity contribution in [3.63, 3.8) is 0 Å². The first-order chi connectivity index (χ1) is 9.90. The summed E-state index contributed by atoms with van der Waals surface area (Å²) >= 11 is 1.24. The number of hydrogen-bond donors (Lipinski definition) is 2. The summed E-state index contributed by atoms with van der Waals surface area (Å²) < 4.78 is 13.4. The Labute approximate surface area is 128 Å². The molecule has 0 aliphatic carbocycles. The van der Waals surface area contributed by atoms with Crippen LogP contribution in [-0.4, -0.2) is 28.8 Å². The van der Waals surface area contributed by atoms with Crippen LogP contribution in [0.2, 0.25) is 0 Å². The SMILES string of the molecule is CC(C)C[C@H](NC(=O)CCSc1ccccc1F)C(=O)O. The van der Waals surface area contributed by atoms with E-state index in [1.54, 1.807) is 18.2 Å². The molecule has 0 aromatic heterocycles. The monoisotopic (exact) mass is 313 g/mol. The Kier molecular flexibility index (Phi) is 7.22. The highest BCUT2D eigenvalue weighted by molar-refractivity contribution is 7.99. The van der Waals surface area contributed by atoms with Crippen LogP contribution in [0.5, 0.6) is 0 Å². The number of hydrogen-bond acceptors (Lipinski definition) is 3. The molecule has 1 atom stereocenters. The van der Waals surface area contributed by atoms with Crippen LogP contribution >= 0.6 is 11.8 Å². The molecule has 0 saturated heterocycles. The van der Waals surface area contributed by atoms with Crippen molar-refractivity contribution in [3.8, 4) is 0 Å². The Balaban J connectivity index is 2.39. The standard InChI is InChI=1S/C15H20FNO3S/c1-10(2)9-12(15(19)20)17-14(18)7-8-21-13-6-4-3-5-11(13)16/h3-6,10,12H,7-9H2,1-2H3,(H,17,18)(H,19,20)/t12-/m0/s1. The van der Waals surface area contributed by atoms with Gasteiger partial charge in [-0.3, -0.25) is 4.79 Å². The summed E-state index contributed by atoms with van der Waals surface area (Å²) in [5, 5.41) is 11.5. The molecule has 0 aliphatic heterocycles. The van der Waals surface area contributed by atoms with Gasteiger partial charge in [-0.1, -0.05) is 26.0 Å². The van der Waals surface area contributed by atoms with Crippen LogP contribution in [0, 0.1) is 11.7 Å². The van der Waals surface area contributed by atoms with Gasteiger partial charge >= 0.3 is 5.97 Å². The Hall–Kier alpha value is -1.56. The molecular weight excluding hydrogens is 293 g/mol. The molecule has 2 N–H and O–H groups in total. The van der Waals surface area contributed by atoms with E-state index in [9.17, 15) is 14.0 Å². The van der Waals surface area contributed by atoms with Crippen molar-refractivity contribution in [2.45, 2.75) is 37.6 Å². The number of thioether (sulfide) groups is 1. The fourth-order valence-corrected chi connectivity index (χ4v) is 2.66. The van der Waals surface area contributed by atoms with Crippen LogP contribution < -0.4 is 5.32 Å². The average Bonchev–Trinajstić information content (AvgIpc) is 2.39. The van der Waals surface area contributed by atoms with Gasteiger partial charge in [0.2, 0.25) is 5.91 Å². The van der Waals surface area contributed by atoms with Crippen molar-refractivity contribution >= 4 is 23.6 Å². The van der Waals surface area contributed by atoms with Gasteiger partial charge < -0.3 is 10.4 Å². The Morgan fingerprint density at radius 1 is 1.33 bits per heavy atom. The molecule has 0 fully saturated rings. The first kappa shape index (κ1) is 17.5. The summed E-state index contributed by atoms with van der Waals surface area (Å²) in [6, 6.07) is 5.49. The van der Waals surface area contributed by atoms with Gasteiger partial charge in [0, 0.05) is 17.1 Å². The normalized spacial score (nSPS) is 12.2. The largest absolute Gasteiger partial charge is 0.480 e. The fraction of sp³-hybridized carbons (Fsp3) is 0.467. The zero-order valence-electron chi connectivity index (χ0n) is 12.1. The molecule has 0 radical (unpaired) electrons. The minimum atomic E-state index is -1.03. The van der Waals surface area contributed by atoms with Gasteiger partial charge in [0.25, 0.3) is 0 Å². The Morgan fingerprint density at radius 2 is 2.00 bits per heavy atom. The van der Waals surface area contributed by atoms with Crippen LogP contribution in [0.1, 0.15) is 26.7 Å². The Bertz CT molecular complexity index is 494. The van der Waals surface area contributed by atoms with Crippen LogP contribution in [0.15, 0.2) is 29.2 Å². The van der Waals surface area contributed by atoms with Crippen LogP contribution in [0.4, 0.5) is 4.39 Å². The maximum Gasteiger partial charge on any atom is 0.326 e. The number of carbonyl (C=O) groups excluding carboxylic acids is 1. The van der Waals surface area contributed by atoms with E-state index in [4.69, 9.17) is 5.11 Å². The first-order valence-electron chi connectivity index (χ1n) is 6.79. The maximum absolute atomic E-state index is 13.4. The van der Waals surface area contributed by atoms with E-state index < -0.39 is 12.0 Å². The molecule has 21 heavy (non-hydrogen) atoms. The number of halogens is 1. The van der Waals surface area contributed by atoms with E-state index in [1.807, 2.05) is 13.8 Å². The van der Waals surface area contributed by atoms with Crippen molar-refractivity contribution in [2.75, 3.05) is 5.75 Å². The van der Waals surface area contributed by atoms with Crippen molar-refractivity contribution in [1.29, 1.82) is 0 Å². The van der Waals surface area contributed by atoms with Crippen molar-refractivity contribution in [1.82, 2.24) is 5.32 Å². The minimum absolute atomic E-state index is 0.154. The number of amides is 1. The number of nitrogens with one attached hydrogen (secondary N) is 1. The first-order valence-corrected chi connectivity index (χ1v) is 7.78.